The first-order valence-corrected chi connectivity index (χ1v) is 12.2. The number of piperidine rings is 1. The van der Waals surface area contributed by atoms with Crippen LogP contribution >= 0.6 is 11.3 Å². The molecule has 7 nitrogen and oxygen atoms in total. The second-order valence-corrected chi connectivity index (χ2v) is 9.61. The van der Waals surface area contributed by atoms with Gasteiger partial charge in [-0.25, -0.2) is 4.79 Å². The van der Waals surface area contributed by atoms with Gasteiger partial charge in [0.05, 0.1) is 19.2 Å². The molecule has 0 atom stereocenters. The Morgan fingerprint density at radius 1 is 1.15 bits per heavy atom. The van der Waals surface area contributed by atoms with Crippen molar-refractivity contribution in [3.8, 4) is 0 Å². The maximum absolute atomic E-state index is 12.9. The fourth-order valence-corrected chi connectivity index (χ4v) is 5.35. The molecule has 8 heteroatoms. The van der Waals surface area contributed by atoms with E-state index in [4.69, 9.17) is 4.74 Å². The number of amides is 2. The van der Waals surface area contributed by atoms with Crippen molar-refractivity contribution in [3.05, 3.63) is 51.9 Å². The fraction of sp³-hybridized carbons (Fsp3) is 0.480. The molecule has 0 spiro atoms. The number of carbonyl (C=O) groups is 3. The lowest BCUT2D eigenvalue weighted by Crippen LogP contribution is -2.49. The second kappa shape index (κ2) is 11.4. The number of methoxy groups -OCH3 is 1. The van der Waals surface area contributed by atoms with Gasteiger partial charge < -0.3 is 15.0 Å². The van der Waals surface area contributed by atoms with Crippen molar-refractivity contribution in [2.45, 2.75) is 46.1 Å². The highest BCUT2D eigenvalue weighted by molar-refractivity contribution is 7.16. The van der Waals surface area contributed by atoms with E-state index in [1.807, 2.05) is 49.1 Å². The summed E-state index contributed by atoms with van der Waals surface area (Å²) in [5.74, 6) is -0.515. The molecule has 2 heterocycles. The summed E-state index contributed by atoms with van der Waals surface area (Å²) in [6, 6.07) is 9.59. The van der Waals surface area contributed by atoms with Gasteiger partial charge in [0.15, 0.2) is 0 Å². The number of nitrogens with zero attached hydrogens (tertiary/aromatic N) is 2. The van der Waals surface area contributed by atoms with Crippen LogP contribution in [0.5, 0.6) is 0 Å². The van der Waals surface area contributed by atoms with Crippen LogP contribution in [0.25, 0.3) is 0 Å². The zero-order valence-electron chi connectivity index (χ0n) is 19.8. The summed E-state index contributed by atoms with van der Waals surface area (Å²) in [5.41, 5.74) is 1.98. The van der Waals surface area contributed by atoms with E-state index >= 15 is 0 Å². The predicted molar refractivity (Wildman–Crippen MR) is 131 cm³/mol. The quantitative estimate of drug-likeness (QED) is 0.586. The number of hydrogen-bond acceptors (Lipinski definition) is 6. The number of hydrogen-bond donors (Lipinski definition) is 1. The Balaban J connectivity index is 1.61. The Morgan fingerprint density at radius 3 is 2.42 bits per heavy atom. The molecule has 0 saturated carbocycles. The van der Waals surface area contributed by atoms with Gasteiger partial charge in [-0.1, -0.05) is 25.1 Å². The predicted octanol–water partition coefficient (Wildman–Crippen LogP) is 4.11. The number of aryl methyl sites for hydroxylation is 1. The van der Waals surface area contributed by atoms with Crippen LogP contribution in [0.15, 0.2) is 30.3 Å². The monoisotopic (exact) mass is 471 g/mol. The van der Waals surface area contributed by atoms with Gasteiger partial charge in [-0.3, -0.25) is 14.5 Å². The lowest BCUT2D eigenvalue weighted by Gasteiger charge is -2.38. The molecule has 0 unspecified atom stereocenters. The van der Waals surface area contributed by atoms with E-state index in [0.717, 1.165) is 36.2 Å². The molecule has 0 radical (unpaired) electrons. The van der Waals surface area contributed by atoms with Gasteiger partial charge in [-0.15, -0.1) is 11.3 Å². The minimum Gasteiger partial charge on any atom is -0.465 e. The molecule has 1 saturated heterocycles. The minimum atomic E-state index is -0.437. The fourth-order valence-electron chi connectivity index (χ4n) is 4.29. The van der Waals surface area contributed by atoms with E-state index in [-0.39, 0.29) is 24.4 Å². The Bertz CT molecular complexity index is 981. The average molecular weight is 472 g/mol. The molecule has 33 heavy (non-hydrogen) atoms. The van der Waals surface area contributed by atoms with Gasteiger partial charge >= 0.3 is 5.97 Å². The topological polar surface area (TPSA) is 79.0 Å². The third kappa shape index (κ3) is 6.00. The number of benzene rings is 1. The zero-order valence-corrected chi connectivity index (χ0v) is 20.7. The number of ether oxygens (including phenoxy) is 1. The van der Waals surface area contributed by atoms with Crippen molar-refractivity contribution in [2.75, 3.05) is 38.6 Å². The van der Waals surface area contributed by atoms with E-state index in [2.05, 4.69) is 17.1 Å². The van der Waals surface area contributed by atoms with Crippen LogP contribution in [-0.2, 0) is 9.53 Å². The molecule has 0 bridgehead atoms. The van der Waals surface area contributed by atoms with Crippen molar-refractivity contribution in [3.63, 3.8) is 0 Å². The van der Waals surface area contributed by atoms with Gasteiger partial charge in [0.1, 0.15) is 5.00 Å². The van der Waals surface area contributed by atoms with Crippen LogP contribution in [0.1, 0.15) is 57.3 Å². The molecule has 1 aromatic heterocycles. The average Bonchev–Trinajstić information content (AvgIpc) is 3.11. The molecule has 178 valence electrons. The van der Waals surface area contributed by atoms with Crippen molar-refractivity contribution < 1.29 is 19.1 Å². The maximum Gasteiger partial charge on any atom is 0.341 e. The number of anilines is 1. The van der Waals surface area contributed by atoms with Crippen molar-refractivity contribution in [2.24, 2.45) is 0 Å². The second-order valence-electron chi connectivity index (χ2n) is 8.39. The molecule has 1 fully saturated rings. The van der Waals surface area contributed by atoms with Gasteiger partial charge in [-0.05, 0) is 57.4 Å². The molecule has 3 rings (SSSR count). The number of nitrogens with one attached hydrogen (secondary N) is 1. The number of carbonyl (C=O) groups excluding carboxylic acids is 3. The summed E-state index contributed by atoms with van der Waals surface area (Å²) in [6.45, 7) is 8.29. The Morgan fingerprint density at radius 2 is 1.82 bits per heavy atom. The Hall–Kier alpha value is -2.71. The van der Waals surface area contributed by atoms with E-state index in [1.165, 1.54) is 18.4 Å². The van der Waals surface area contributed by atoms with Crippen molar-refractivity contribution in [1.82, 2.24) is 9.80 Å². The van der Waals surface area contributed by atoms with Crippen LogP contribution in [0, 0.1) is 13.8 Å². The standard InChI is InChI=1S/C25H33N3O4S/c1-5-13-28(16-21(29)26-23-22(25(31)32-4)17(2)18(3)33-23)20-11-14-27(15-12-20)24(30)19-9-7-6-8-10-19/h6-10,20H,5,11-16H2,1-4H3,(H,26,29). The summed E-state index contributed by atoms with van der Waals surface area (Å²) < 4.78 is 4.90. The maximum atomic E-state index is 12.9. The first-order valence-electron chi connectivity index (χ1n) is 11.4. The molecule has 1 aliphatic rings. The van der Waals surface area contributed by atoms with Crippen LogP contribution in [-0.4, -0.2) is 66.9 Å². The molecular formula is C25H33N3O4S. The molecule has 2 amide bonds. The van der Waals surface area contributed by atoms with Gasteiger partial charge in [-0.2, -0.15) is 0 Å². The van der Waals surface area contributed by atoms with Crippen LogP contribution in [0.4, 0.5) is 5.00 Å². The molecule has 0 aliphatic carbocycles. The van der Waals surface area contributed by atoms with Crippen LogP contribution in [0.3, 0.4) is 0 Å². The SMILES string of the molecule is CCCN(CC(=O)Nc1sc(C)c(C)c1C(=O)OC)C1CCN(C(=O)c2ccccc2)CC1. The number of likely N-dealkylation sites (tertiary alicyclic amines) is 1. The highest BCUT2D eigenvalue weighted by atomic mass is 32.1. The Kier molecular flexibility index (Phi) is 8.63. The van der Waals surface area contributed by atoms with Crippen molar-refractivity contribution >= 4 is 34.1 Å². The highest BCUT2D eigenvalue weighted by Crippen LogP contribution is 2.33. The van der Waals surface area contributed by atoms with Crippen LogP contribution < -0.4 is 5.32 Å². The summed E-state index contributed by atoms with van der Waals surface area (Å²) >= 11 is 1.39. The molecule has 1 N–H and O–H groups in total. The molecule has 1 aromatic carbocycles. The lowest BCUT2D eigenvalue weighted by atomic mass is 10.0. The van der Waals surface area contributed by atoms with E-state index in [1.54, 1.807) is 0 Å². The first-order chi connectivity index (χ1) is 15.8. The first kappa shape index (κ1) is 24.9. The highest BCUT2D eigenvalue weighted by Gasteiger charge is 2.29. The molecule has 1 aliphatic heterocycles. The summed E-state index contributed by atoms with van der Waals surface area (Å²) in [7, 11) is 1.35. The zero-order chi connectivity index (χ0) is 24.0. The molecule has 2 aromatic rings. The smallest absolute Gasteiger partial charge is 0.341 e. The number of esters is 1. The van der Waals surface area contributed by atoms with Crippen LogP contribution in [0.2, 0.25) is 0 Å². The summed E-state index contributed by atoms with van der Waals surface area (Å²) in [5, 5.41) is 3.48. The normalized spacial score (nSPS) is 14.4. The number of rotatable bonds is 8. The number of thiophene rings is 1. The third-order valence-electron chi connectivity index (χ3n) is 6.17. The third-order valence-corrected chi connectivity index (χ3v) is 7.30. The van der Waals surface area contributed by atoms with E-state index in [0.29, 0.717) is 29.2 Å². The Labute approximate surface area is 199 Å². The largest absolute Gasteiger partial charge is 0.465 e. The van der Waals surface area contributed by atoms with Gasteiger partial charge in [0, 0.05) is 29.6 Å². The van der Waals surface area contributed by atoms with Gasteiger partial charge in [0.2, 0.25) is 5.91 Å². The van der Waals surface area contributed by atoms with E-state index in [9.17, 15) is 14.4 Å². The minimum absolute atomic E-state index is 0.0626. The molecular weight excluding hydrogens is 438 g/mol. The van der Waals surface area contributed by atoms with Crippen molar-refractivity contribution in [1.29, 1.82) is 0 Å². The summed E-state index contributed by atoms with van der Waals surface area (Å²) in [6.07, 6.45) is 2.59. The lowest BCUT2D eigenvalue weighted by molar-refractivity contribution is -0.118. The van der Waals surface area contributed by atoms with E-state index < -0.39 is 5.97 Å². The summed E-state index contributed by atoms with van der Waals surface area (Å²) in [4.78, 5) is 42.9. The van der Waals surface area contributed by atoms with Gasteiger partial charge in [0.25, 0.3) is 5.91 Å².